The van der Waals surface area contributed by atoms with Crippen LogP contribution in [0, 0.1) is 12.3 Å². The van der Waals surface area contributed by atoms with Crippen molar-refractivity contribution < 1.29 is 4.79 Å². The number of rotatable bonds is 4. The third kappa shape index (κ3) is 5.10. The summed E-state index contributed by atoms with van der Waals surface area (Å²) in [5.41, 5.74) is 4.67. The molecule has 21 heavy (non-hydrogen) atoms. The number of amides is 1. The molecule has 1 amide bonds. The number of hydrogen-bond acceptors (Lipinski definition) is 5. The fourth-order valence-electron chi connectivity index (χ4n) is 1.56. The summed E-state index contributed by atoms with van der Waals surface area (Å²) in [6.45, 7) is 0. The minimum absolute atomic E-state index is 0.403. The lowest BCUT2D eigenvalue weighted by Crippen LogP contribution is -2.18. The van der Waals surface area contributed by atoms with Crippen molar-refractivity contribution in [3.05, 3.63) is 45.9 Å². The molecule has 0 saturated carbocycles. The molecule has 4 N–H and O–H groups in total. The van der Waals surface area contributed by atoms with Gasteiger partial charge in [-0.25, -0.2) is 10.8 Å². The molecular formula is C15H16N4OS. The zero-order valence-corrected chi connectivity index (χ0v) is 12.4. The lowest BCUT2D eigenvalue weighted by molar-refractivity contribution is -0.109. The number of benzene rings is 1. The van der Waals surface area contributed by atoms with Gasteiger partial charge in [-0.15, -0.1) is 17.8 Å². The first-order valence-corrected chi connectivity index (χ1v) is 6.89. The normalized spacial score (nSPS) is 9.38. The number of hydrogen-bond donors (Lipinski definition) is 3. The fraction of sp³-hybridized carbons (Fsp3) is 0.0667. The maximum atomic E-state index is 8.94. The van der Waals surface area contributed by atoms with Crippen molar-refractivity contribution in [1.29, 1.82) is 0 Å². The molecular weight excluding hydrogens is 284 g/mol. The SMILES string of the molecule is C#Cc1cccc(NC)c1/C=C/c1nccs1.NNC=O. The second-order valence-electron chi connectivity index (χ2n) is 3.65. The van der Waals surface area contributed by atoms with Gasteiger partial charge in [0.2, 0.25) is 6.41 Å². The largest absolute Gasteiger partial charge is 0.388 e. The molecule has 0 unspecified atom stereocenters. The summed E-state index contributed by atoms with van der Waals surface area (Å²) in [6, 6.07) is 5.88. The average Bonchev–Trinajstić information content (AvgIpc) is 3.06. The third-order valence-electron chi connectivity index (χ3n) is 2.44. The van der Waals surface area contributed by atoms with Crippen LogP contribution in [0.4, 0.5) is 5.69 Å². The summed E-state index contributed by atoms with van der Waals surface area (Å²) < 4.78 is 0. The van der Waals surface area contributed by atoms with Crippen LogP contribution in [-0.4, -0.2) is 18.4 Å². The number of carbonyl (C=O) groups is 1. The number of nitrogens with zero attached hydrogens (tertiary/aromatic N) is 1. The first-order chi connectivity index (χ1) is 10.3. The Morgan fingerprint density at radius 1 is 1.43 bits per heavy atom. The number of nitrogens with one attached hydrogen (secondary N) is 2. The van der Waals surface area contributed by atoms with Crippen LogP contribution in [-0.2, 0) is 4.79 Å². The molecule has 1 aromatic heterocycles. The summed E-state index contributed by atoms with van der Waals surface area (Å²) in [7, 11) is 1.89. The lowest BCUT2D eigenvalue weighted by Gasteiger charge is -2.07. The van der Waals surface area contributed by atoms with Crippen LogP contribution < -0.4 is 16.6 Å². The standard InChI is InChI=1S/C14H12N2S.CH4N2O/c1-3-11-5-4-6-13(15-2)12(11)7-8-14-16-9-10-17-14;2-3-1-4/h1,4-10,15H,2H3;1H,2H2,(H,3,4)/b8-7+;. The highest BCUT2D eigenvalue weighted by Crippen LogP contribution is 2.22. The molecule has 0 aliphatic rings. The maximum absolute atomic E-state index is 8.94. The van der Waals surface area contributed by atoms with E-state index in [0.717, 1.165) is 21.8 Å². The number of terminal acetylenes is 1. The van der Waals surface area contributed by atoms with Crippen molar-refractivity contribution in [3.8, 4) is 12.3 Å². The maximum Gasteiger partial charge on any atom is 0.221 e. The Labute approximate surface area is 127 Å². The van der Waals surface area contributed by atoms with Gasteiger partial charge in [-0.3, -0.25) is 10.2 Å². The predicted molar refractivity (Wildman–Crippen MR) is 88.4 cm³/mol. The van der Waals surface area contributed by atoms with E-state index in [0.29, 0.717) is 6.41 Å². The van der Waals surface area contributed by atoms with Gasteiger partial charge >= 0.3 is 0 Å². The predicted octanol–water partition coefficient (Wildman–Crippen LogP) is 1.94. The Bertz CT molecular complexity index is 630. The van der Waals surface area contributed by atoms with Gasteiger partial charge in [0.05, 0.1) is 0 Å². The first kappa shape index (κ1) is 16.4. The van der Waals surface area contributed by atoms with Crippen LogP contribution in [0.5, 0.6) is 0 Å². The molecule has 0 spiro atoms. The number of carbonyl (C=O) groups excluding carboxylic acids is 1. The van der Waals surface area contributed by atoms with Gasteiger partial charge in [-0.1, -0.05) is 12.0 Å². The van der Waals surface area contributed by atoms with Crippen molar-refractivity contribution in [2.45, 2.75) is 0 Å². The molecule has 2 aromatic rings. The molecule has 5 nitrogen and oxygen atoms in total. The second-order valence-corrected chi connectivity index (χ2v) is 4.58. The van der Waals surface area contributed by atoms with E-state index in [9.17, 15) is 0 Å². The Balaban J connectivity index is 0.000000491. The molecule has 0 atom stereocenters. The fourth-order valence-corrected chi connectivity index (χ4v) is 2.09. The molecule has 1 aromatic carbocycles. The molecule has 0 saturated heterocycles. The Morgan fingerprint density at radius 3 is 2.71 bits per heavy atom. The smallest absolute Gasteiger partial charge is 0.221 e. The van der Waals surface area contributed by atoms with Gasteiger partial charge < -0.3 is 5.32 Å². The van der Waals surface area contributed by atoms with E-state index < -0.39 is 0 Å². The Morgan fingerprint density at radius 2 is 2.19 bits per heavy atom. The molecule has 0 aliphatic carbocycles. The number of aromatic nitrogens is 1. The first-order valence-electron chi connectivity index (χ1n) is 6.01. The highest BCUT2D eigenvalue weighted by Gasteiger charge is 2.02. The van der Waals surface area contributed by atoms with E-state index in [4.69, 9.17) is 11.2 Å². The molecule has 0 radical (unpaired) electrons. The summed E-state index contributed by atoms with van der Waals surface area (Å²) in [4.78, 5) is 13.1. The highest BCUT2D eigenvalue weighted by atomic mass is 32.1. The molecule has 6 heteroatoms. The number of nitrogens with two attached hydrogens (primary N) is 1. The van der Waals surface area contributed by atoms with Crippen molar-refractivity contribution in [3.63, 3.8) is 0 Å². The number of anilines is 1. The van der Waals surface area contributed by atoms with Crippen LogP contribution in [0.25, 0.3) is 12.2 Å². The van der Waals surface area contributed by atoms with Crippen molar-refractivity contribution in [2.24, 2.45) is 5.84 Å². The Hall–Kier alpha value is -2.62. The van der Waals surface area contributed by atoms with Crippen LogP contribution >= 0.6 is 11.3 Å². The molecule has 2 rings (SSSR count). The summed E-state index contributed by atoms with van der Waals surface area (Å²) in [5.74, 6) is 7.10. The molecule has 0 bridgehead atoms. The summed E-state index contributed by atoms with van der Waals surface area (Å²) >= 11 is 1.60. The topological polar surface area (TPSA) is 80.0 Å². The molecule has 0 fully saturated rings. The lowest BCUT2D eigenvalue weighted by atomic mass is 10.1. The van der Waals surface area contributed by atoms with E-state index >= 15 is 0 Å². The number of hydrazine groups is 1. The van der Waals surface area contributed by atoms with Gasteiger partial charge in [0.1, 0.15) is 5.01 Å². The van der Waals surface area contributed by atoms with Gasteiger partial charge in [-0.05, 0) is 24.3 Å². The Kier molecular flexibility index (Phi) is 7.29. The minimum Gasteiger partial charge on any atom is -0.388 e. The monoisotopic (exact) mass is 300 g/mol. The second kappa shape index (κ2) is 9.31. The summed E-state index contributed by atoms with van der Waals surface area (Å²) in [5, 5.41) is 6.06. The minimum atomic E-state index is 0.403. The van der Waals surface area contributed by atoms with Gasteiger partial charge in [0.15, 0.2) is 0 Å². The van der Waals surface area contributed by atoms with Crippen molar-refractivity contribution in [2.75, 3.05) is 12.4 Å². The van der Waals surface area contributed by atoms with Crippen molar-refractivity contribution >= 4 is 35.6 Å². The highest BCUT2D eigenvalue weighted by molar-refractivity contribution is 7.10. The van der Waals surface area contributed by atoms with E-state index in [1.54, 1.807) is 23.0 Å². The number of thiazole rings is 1. The van der Waals surface area contributed by atoms with Gasteiger partial charge in [0, 0.05) is 35.4 Å². The van der Waals surface area contributed by atoms with Gasteiger partial charge in [-0.2, -0.15) is 0 Å². The quantitative estimate of drug-likeness (QED) is 0.265. The van der Waals surface area contributed by atoms with Crippen LogP contribution in [0.3, 0.4) is 0 Å². The third-order valence-corrected chi connectivity index (χ3v) is 3.18. The molecule has 108 valence electrons. The van der Waals surface area contributed by atoms with E-state index in [1.165, 1.54) is 0 Å². The van der Waals surface area contributed by atoms with Crippen LogP contribution in [0.1, 0.15) is 16.1 Å². The zero-order valence-electron chi connectivity index (χ0n) is 11.5. The zero-order chi connectivity index (χ0) is 15.5. The van der Waals surface area contributed by atoms with E-state index in [-0.39, 0.29) is 0 Å². The average molecular weight is 300 g/mol. The van der Waals surface area contributed by atoms with Crippen molar-refractivity contribution in [1.82, 2.24) is 10.4 Å². The molecule has 0 aliphatic heterocycles. The van der Waals surface area contributed by atoms with E-state index in [2.05, 4.69) is 22.1 Å². The summed E-state index contributed by atoms with van der Waals surface area (Å²) in [6.07, 6.45) is 11.7. The van der Waals surface area contributed by atoms with Crippen LogP contribution in [0.2, 0.25) is 0 Å². The van der Waals surface area contributed by atoms with Crippen LogP contribution in [0.15, 0.2) is 29.8 Å². The van der Waals surface area contributed by atoms with Gasteiger partial charge in [0.25, 0.3) is 0 Å². The van der Waals surface area contributed by atoms with E-state index in [1.807, 2.05) is 42.8 Å². The molecule has 1 heterocycles.